The van der Waals surface area contributed by atoms with E-state index in [0.717, 1.165) is 22.1 Å². The summed E-state index contributed by atoms with van der Waals surface area (Å²) in [5.41, 5.74) is 15.9. The largest absolute Gasteiger partial charge is 0.467 e. The van der Waals surface area contributed by atoms with Crippen LogP contribution in [0.3, 0.4) is 0 Å². The van der Waals surface area contributed by atoms with Crippen molar-refractivity contribution in [3.05, 3.63) is 71.4 Å². The van der Waals surface area contributed by atoms with Crippen LogP contribution in [-0.4, -0.2) is 66.5 Å². The third-order valence-corrected chi connectivity index (χ3v) is 6.78. The smallest absolute Gasteiger partial charge is 0.328 e. The number of aromatic amines is 2. The van der Waals surface area contributed by atoms with Crippen molar-refractivity contribution in [2.24, 2.45) is 0 Å². The molecule has 0 spiro atoms. The number of aromatic nitrogens is 7. The average molecular weight is 584 g/mol. The first-order valence-electron chi connectivity index (χ1n) is 13.3. The van der Waals surface area contributed by atoms with Crippen LogP contribution in [0, 0.1) is 0 Å². The molecule has 8 N–H and O–H groups in total. The van der Waals surface area contributed by atoms with Crippen LogP contribution in [0.25, 0.3) is 22.4 Å². The van der Waals surface area contributed by atoms with Crippen molar-refractivity contribution in [1.82, 2.24) is 40.9 Å². The van der Waals surface area contributed by atoms with Gasteiger partial charge < -0.3 is 31.8 Å². The van der Waals surface area contributed by atoms with E-state index in [0.29, 0.717) is 41.4 Å². The molecule has 0 saturated carbocycles. The molecule has 15 nitrogen and oxygen atoms in total. The van der Waals surface area contributed by atoms with Gasteiger partial charge in [-0.25, -0.2) is 4.79 Å². The predicted octanol–water partition coefficient (Wildman–Crippen LogP) is 1.78. The molecule has 0 bridgehead atoms. The molecule has 0 radical (unpaired) electrons. The molecule has 5 rings (SSSR count). The van der Waals surface area contributed by atoms with Gasteiger partial charge in [0, 0.05) is 29.4 Å². The van der Waals surface area contributed by atoms with Crippen LogP contribution in [0.4, 0.5) is 17.5 Å². The Hall–Kier alpha value is -5.86. The van der Waals surface area contributed by atoms with Crippen LogP contribution in [0.2, 0.25) is 0 Å². The standard InChI is InChI=1S/C28H29N11O4/c1-43-27(42)20(12-13-21(40)32-19-10-8-16(9-11-19)24-36-38-39-37-24)33-26(41)17-5-2-15(3-6-17)4-7-18-14-31-25-22(18)23(29)34-28(30)35-25/h2-3,5-6,8-11,14,20H,4,7,12-13H2,1H3,(H,32,40)(H,33,41)(H,36,37,38,39)(H5,29,30,31,34,35)/t20-/m0/s1. The van der Waals surface area contributed by atoms with E-state index in [9.17, 15) is 14.4 Å². The van der Waals surface area contributed by atoms with Crippen molar-refractivity contribution in [3.8, 4) is 11.4 Å². The third kappa shape index (κ3) is 6.90. The van der Waals surface area contributed by atoms with Gasteiger partial charge in [0.05, 0.1) is 12.5 Å². The van der Waals surface area contributed by atoms with E-state index in [1.165, 1.54) is 7.11 Å². The minimum atomic E-state index is -1.01. The fourth-order valence-corrected chi connectivity index (χ4v) is 4.56. The summed E-state index contributed by atoms with van der Waals surface area (Å²) in [5, 5.41) is 19.9. The lowest BCUT2D eigenvalue weighted by Crippen LogP contribution is -2.42. The van der Waals surface area contributed by atoms with E-state index in [2.05, 4.69) is 46.2 Å². The molecule has 0 aliphatic carbocycles. The number of carbonyl (C=O) groups is 3. The van der Waals surface area contributed by atoms with Gasteiger partial charge in [-0.15, -0.1) is 10.2 Å². The number of benzene rings is 2. The number of nitrogens with zero attached hydrogens (tertiary/aromatic N) is 5. The zero-order valence-corrected chi connectivity index (χ0v) is 23.1. The first kappa shape index (κ1) is 28.7. The molecular formula is C28H29N11O4. The molecule has 15 heteroatoms. The van der Waals surface area contributed by atoms with E-state index >= 15 is 0 Å². The minimum Gasteiger partial charge on any atom is -0.467 e. The van der Waals surface area contributed by atoms with Gasteiger partial charge in [-0.3, -0.25) is 9.59 Å². The fourth-order valence-electron chi connectivity index (χ4n) is 4.56. The average Bonchev–Trinajstić information content (AvgIpc) is 3.69. The van der Waals surface area contributed by atoms with Crippen molar-refractivity contribution < 1.29 is 19.1 Å². The summed E-state index contributed by atoms with van der Waals surface area (Å²) in [4.78, 5) is 49.1. The van der Waals surface area contributed by atoms with Gasteiger partial charge in [0.1, 0.15) is 17.5 Å². The molecule has 0 aliphatic rings. The summed E-state index contributed by atoms with van der Waals surface area (Å²) in [6.07, 6.45) is 3.20. The molecular weight excluding hydrogens is 554 g/mol. The molecule has 5 aromatic rings. The van der Waals surface area contributed by atoms with Gasteiger partial charge in [0.15, 0.2) is 0 Å². The number of fused-ring (bicyclic) bond motifs is 1. The zero-order valence-electron chi connectivity index (χ0n) is 23.1. The lowest BCUT2D eigenvalue weighted by molar-refractivity contribution is -0.143. The number of ether oxygens (including phenoxy) is 1. The number of esters is 1. The van der Waals surface area contributed by atoms with Crippen LogP contribution in [-0.2, 0) is 27.2 Å². The first-order chi connectivity index (χ1) is 20.8. The number of rotatable bonds is 11. The van der Waals surface area contributed by atoms with Crippen molar-refractivity contribution in [2.45, 2.75) is 31.7 Å². The highest BCUT2D eigenvalue weighted by Crippen LogP contribution is 2.24. The summed E-state index contributed by atoms with van der Waals surface area (Å²) in [6.45, 7) is 0. The first-order valence-corrected chi connectivity index (χ1v) is 13.3. The molecule has 3 heterocycles. The number of hydrogen-bond acceptors (Lipinski definition) is 11. The number of nitrogen functional groups attached to an aromatic ring is 2. The van der Waals surface area contributed by atoms with Crippen LogP contribution in [0.5, 0.6) is 0 Å². The molecule has 0 fully saturated rings. The normalized spacial score (nSPS) is 11.7. The fraction of sp³-hybridized carbons (Fsp3) is 0.214. The number of carbonyl (C=O) groups excluding carboxylic acids is 3. The number of hydrogen-bond donors (Lipinski definition) is 6. The second-order valence-electron chi connectivity index (χ2n) is 9.65. The maximum atomic E-state index is 12.9. The molecule has 220 valence electrons. The summed E-state index contributed by atoms with van der Waals surface area (Å²) in [6, 6.07) is 12.9. The zero-order chi connectivity index (χ0) is 30.3. The Balaban J connectivity index is 1.14. The van der Waals surface area contributed by atoms with E-state index in [4.69, 9.17) is 16.2 Å². The lowest BCUT2D eigenvalue weighted by atomic mass is 10.0. The highest BCUT2D eigenvalue weighted by atomic mass is 16.5. The van der Waals surface area contributed by atoms with Crippen molar-refractivity contribution in [3.63, 3.8) is 0 Å². The second-order valence-corrected chi connectivity index (χ2v) is 9.65. The number of amides is 2. The van der Waals surface area contributed by atoms with E-state index in [1.807, 2.05) is 18.3 Å². The van der Waals surface area contributed by atoms with E-state index < -0.39 is 17.9 Å². The molecule has 43 heavy (non-hydrogen) atoms. The third-order valence-electron chi connectivity index (χ3n) is 6.78. The SMILES string of the molecule is COC(=O)[C@H](CCC(=O)Nc1ccc(-c2nn[nH]n2)cc1)NC(=O)c1ccc(CCc2c[nH]c3nc(N)nc(N)c23)cc1. The number of H-pyrrole nitrogens is 2. The Morgan fingerprint density at radius 2 is 1.77 bits per heavy atom. The Bertz CT molecular complexity index is 1730. The highest BCUT2D eigenvalue weighted by molar-refractivity contribution is 5.97. The maximum Gasteiger partial charge on any atom is 0.328 e. The molecule has 1 atom stereocenters. The van der Waals surface area contributed by atoms with Crippen molar-refractivity contribution >= 4 is 46.3 Å². The van der Waals surface area contributed by atoms with E-state index in [1.54, 1.807) is 36.4 Å². The number of aryl methyl sites for hydroxylation is 2. The van der Waals surface area contributed by atoms with Crippen LogP contribution in [0.15, 0.2) is 54.7 Å². The lowest BCUT2D eigenvalue weighted by Gasteiger charge is -2.16. The monoisotopic (exact) mass is 583 g/mol. The van der Waals surface area contributed by atoms with Gasteiger partial charge in [-0.1, -0.05) is 12.1 Å². The van der Waals surface area contributed by atoms with Crippen molar-refractivity contribution in [1.29, 1.82) is 0 Å². The minimum absolute atomic E-state index is 0.0262. The van der Waals surface area contributed by atoms with Crippen LogP contribution < -0.4 is 22.1 Å². The number of nitrogens with two attached hydrogens (primary N) is 2. The molecule has 0 unspecified atom stereocenters. The highest BCUT2D eigenvalue weighted by Gasteiger charge is 2.23. The van der Waals surface area contributed by atoms with Gasteiger partial charge in [-0.2, -0.15) is 15.2 Å². The van der Waals surface area contributed by atoms with Gasteiger partial charge in [-0.05, 0) is 72.0 Å². The Labute approximate surface area is 244 Å². The quantitative estimate of drug-likeness (QED) is 0.123. The van der Waals surface area contributed by atoms with Gasteiger partial charge in [0.2, 0.25) is 17.7 Å². The topological polar surface area (TPSA) is 233 Å². The Morgan fingerprint density at radius 3 is 2.47 bits per heavy atom. The number of nitrogens with one attached hydrogen (secondary N) is 4. The summed E-state index contributed by atoms with van der Waals surface area (Å²) >= 11 is 0. The summed E-state index contributed by atoms with van der Waals surface area (Å²) < 4.78 is 4.85. The summed E-state index contributed by atoms with van der Waals surface area (Å²) in [7, 11) is 1.23. The Morgan fingerprint density at radius 1 is 1.00 bits per heavy atom. The predicted molar refractivity (Wildman–Crippen MR) is 157 cm³/mol. The molecule has 0 aliphatic heterocycles. The van der Waals surface area contributed by atoms with Gasteiger partial charge >= 0.3 is 5.97 Å². The molecule has 2 amide bonds. The molecule has 2 aromatic carbocycles. The number of methoxy groups -OCH3 is 1. The molecule has 0 saturated heterocycles. The maximum absolute atomic E-state index is 12.9. The Kier molecular flexibility index (Phi) is 8.50. The van der Waals surface area contributed by atoms with Gasteiger partial charge in [0.25, 0.3) is 5.91 Å². The van der Waals surface area contributed by atoms with Crippen LogP contribution in [0.1, 0.15) is 34.3 Å². The summed E-state index contributed by atoms with van der Waals surface area (Å²) in [5.74, 6) is -0.577. The second kappa shape index (κ2) is 12.8. The van der Waals surface area contributed by atoms with E-state index in [-0.39, 0.29) is 24.7 Å². The number of tetrazole rings is 1. The number of anilines is 3. The van der Waals surface area contributed by atoms with Crippen LogP contribution >= 0.6 is 0 Å². The molecule has 3 aromatic heterocycles. The van der Waals surface area contributed by atoms with Crippen molar-refractivity contribution in [2.75, 3.05) is 23.9 Å².